The predicted molar refractivity (Wildman–Crippen MR) is 277 cm³/mol. The maximum atomic E-state index is 14.5. The number of carboxylic acid groups (broad SMARTS) is 1. The third-order valence-electron chi connectivity index (χ3n) is 12.6. The van der Waals surface area contributed by atoms with Crippen molar-refractivity contribution in [3.63, 3.8) is 0 Å². The minimum atomic E-state index is -1.67. The minimum Gasteiger partial charge on any atom is -0.481 e. The highest BCUT2D eigenvalue weighted by Crippen LogP contribution is 2.26. The van der Waals surface area contributed by atoms with E-state index in [0.29, 0.717) is 53.3 Å². The maximum absolute atomic E-state index is 14.5. The Kier molecular flexibility index (Phi) is 26.5. The SMILES string of the molecule is CC(C)(C)OC(=O)N[C@@H](CCCCNC(=O)OCc1ccccc1Cl)C(=O)N[C@@H](CC(=O)OC1CCCCC1)C(=O)N[C@@H](CCCCNC(=O)OCc1ccccc1Cl)C(=O)N[C@@H](CC(=O)O)C(=O)C1CCCCC1. The molecule has 2 aliphatic carbocycles. The molecule has 75 heavy (non-hydrogen) atoms. The van der Waals surface area contributed by atoms with Gasteiger partial charge < -0.3 is 56.0 Å². The van der Waals surface area contributed by atoms with Gasteiger partial charge in [0, 0.05) is 40.2 Å². The van der Waals surface area contributed by atoms with Crippen molar-refractivity contribution in [3.05, 3.63) is 69.7 Å². The number of benzene rings is 2. The van der Waals surface area contributed by atoms with E-state index in [1.165, 1.54) is 0 Å². The number of aliphatic carboxylic acids is 1. The van der Waals surface area contributed by atoms with Crippen LogP contribution in [0.25, 0.3) is 0 Å². The Balaban J connectivity index is 1.51. The second kappa shape index (κ2) is 32.3. The number of hydrogen-bond acceptors (Lipinski definition) is 13. The van der Waals surface area contributed by atoms with Gasteiger partial charge in [-0.1, -0.05) is 85.3 Å². The van der Waals surface area contributed by atoms with Crippen LogP contribution in [0, 0.1) is 5.92 Å². The number of Topliss-reactive ketones (excluding diaryl/α,β-unsaturated/α-hetero) is 1. The molecule has 2 fully saturated rings. The molecule has 7 N–H and O–H groups in total. The van der Waals surface area contributed by atoms with Crippen LogP contribution in [-0.2, 0) is 60.9 Å². The van der Waals surface area contributed by atoms with Crippen molar-refractivity contribution in [1.82, 2.24) is 31.9 Å². The first kappa shape index (κ1) is 61.4. The predicted octanol–water partition coefficient (Wildman–Crippen LogP) is 7.72. The van der Waals surface area contributed by atoms with E-state index < -0.39 is 108 Å². The monoisotopic (exact) mass is 1090 g/mol. The van der Waals surface area contributed by atoms with E-state index in [2.05, 4.69) is 31.9 Å². The summed E-state index contributed by atoms with van der Waals surface area (Å²) in [6, 6.07) is 7.91. The molecule has 6 amide bonds. The van der Waals surface area contributed by atoms with E-state index in [0.717, 1.165) is 38.5 Å². The molecule has 2 aromatic rings. The summed E-state index contributed by atoms with van der Waals surface area (Å²) in [5, 5.41) is 26.2. The quantitative estimate of drug-likeness (QED) is 0.0244. The first-order chi connectivity index (χ1) is 35.8. The van der Waals surface area contributed by atoms with E-state index in [4.69, 9.17) is 42.1 Å². The number of ketones is 1. The zero-order valence-electron chi connectivity index (χ0n) is 43.1. The zero-order chi connectivity index (χ0) is 54.8. The fourth-order valence-electron chi connectivity index (χ4n) is 8.61. The van der Waals surface area contributed by atoms with Gasteiger partial charge in [0.1, 0.15) is 43.0 Å². The number of rotatable bonds is 28. The molecule has 0 aromatic heterocycles. The summed E-state index contributed by atoms with van der Waals surface area (Å²) >= 11 is 12.3. The Hall–Kier alpha value is -6.15. The van der Waals surface area contributed by atoms with Gasteiger partial charge in [0.05, 0.1) is 18.9 Å². The van der Waals surface area contributed by atoms with Gasteiger partial charge in [0.15, 0.2) is 5.78 Å². The van der Waals surface area contributed by atoms with Crippen LogP contribution in [0.15, 0.2) is 48.5 Å². The number of esters is 1. The first-order valence-electron chi connectivity index (χ1n) is 25.9. The molecule has 0 saturated heterocycles. The van der Waals surface area contributed by atoms with Crippen LogP contribution in [0.5, 0.6) is 0 Å². The fourth-order valence-corrected chi connectivity index (χ4v) is 8.99. The Labute approximate surface area is 448 Å². The van der Waals surface area contributed by atoms with Crippen molar-refractivity contribution in [1.29, 1.82) is 0 Å². The van der Waals surface area contributed by atoms with Crippen LogP contribution in [0.2, 0.25) is 10.0 Å². The van der Waals surface area contributed by atoms with Crippen molar-refractivity contribution in [2.24, 2.45) is 5.92 Å². The largest absolute Gasteiger partial charge is 0.481 e. The molecule has 2 aliphatic rings. The smallest absolute Gasteiger partial charge is 0.408 e. The first-order valence-corrected chi connectivity index (χ1v) is 26.7. The normalized spacial score (nSPS) is 15.6. The molecule has 0 unspecified atom stereocenters. The summed E-state index contributed by atoms with van der Waals surface area (Å²) in [5.74, 6) is -5.78. The van der Waals surface area contributed by atoms with Crippen molar-refractivity contribution in [3.8, 4) is 0 Å². The molecular weight excluding hydrogens is 1020 g/mol. The molecule has 0 spiro atoms. The molecule has 4 atom stereocenters. The number of hydrogen-bond donors (Lipinski definition) is 7. The number of nitrogens with one attached hydrogen (secondary N) is 6. The van der Waals surface area contributed by atoms with Crippen LogP contribution >= 0.6 is 23.2 Å². The van der Waals surface area contributed by atoms with E-state index in [1.54, 1.807) is 69.3 Å². The van der Waals surface area contributed by atoms with E-state index in [-0.39, 0.29) is 58.4 Å². The average Bonchev–Trinajstić information content (AvgIpc) is 3.36. The van der Waals surface area contributed by atoms with Gasteiger partial charge in [0.2, 0.25) is 17.7 Å². The average molecular weight is 1090 g/mol. The molecule has 22 heteroatoms. The van der Waals surface area contributed by atoms with Crippen molar-refractivity contribution < 1.29 is 67.2 Å². The van der Waals surface area contributed by atoms with Crippen molar-refractivity contribution in [2.45, 2.75) is 185 Å². The molecule has 2 aromatic carbocycles. The van der Waals surface area contributed by atoms with Gasteiger partial charge in [-0.3, -0.25) is 28.8 Å². The number of unbranched alkanes of at least 4 members (excludes halogenated alkanes) is 2. The van der Waals surface area contributed by atoms with E-state index in [1.807, 2.05) is 0 Å². The Morgan fingerprint density at radius 2 is 1.03 bits per heavy atom. The van der Waals surface area contributed by atoms with Crippen LogP contribution in [0.3, 0.4) is 0 Å². The lowest BCUT2D eigenvalue weighted by atomic mass is 9.83. The Morgan fingerprint density at radius 1 is 0.573 bits per heavy atom. The van der Waals surface area contributed by atoms with E-state index in [9.17, 15) is 48.3 Å². The number of ether oxygens (including phenoxy) is 4. The van der Waals surface area contributed by atoms with Gasteiger partial charge in [-0.25, -0.2) is 14.4 Å². The summed E-state index contributed by atoms with van der Waals surface area (Å²) in [6.07, 6.45) is 4.16. The molecule has 2 saturated carbocycles. The molecule has 20 nitrogen and oxygen atoms in total. The van der Waals surface area contributed by atoms with Gasteiger partial charge in [-0.05, 0) is 110 Å². The standard InChI is InChI=1S/C53H74Cl2N6O14/c1-53(2,3)75-52(71)61-41(27-15-17-29-57-51(70)73-33-36-21-11-13-25-39(36)55)48(67)60-43(31-45(64)74-37-22-8-5-9-23-37)49(68)58-40(26-14-16-28-56-50(69)72-32-35-20-10-12-24-38(35)54)47(66)59-42(30-44(62)63)46(65)34-18-6-4-7-19-34/h10-13,20-21,24-25,34,37,40-43H,4-9,14-19,22-23,26-33H2,1-3H3,(H,56,69)(H,57,70)(H,58,68)(H,59,66)(H,60,67)(H,61,71)(H,62,63)/t40-,41-,42-,43-/m0/s1. The third-order valence-corrected chi connectivity index (χ3v) is 13.3. The second-order valence-corrected chi connectivity index (χ2v) is 20.7. The van der Waals surface area contributed by atoms with Gasteiger partial charge in [-0.15, -0.1) is 0 Å². The van der Waals surface area contributed by atoms with Crippen LogP contribution < -0.4 is 31.9 Å². The van der Waals surface area contributed by atoms with Crippen molar-refractivity contribution in [2.75, 3.05) is 13.1 Å². The molecule has 4 rings (SSSR count). The minimum absolute atomic E-state index is 0.0190. The summed E-state index contributed by atoms with van der Waals surface area (Å²) in [6.45, 7) is 4.98. The van der Waals surface area contributed by atoms with Crippen molar-refractivity contribution >= 4 is 76.9 Å². The molecule has 0 heterocycles. The number of carbonyl (C=O) groups is 9. The summed E-state index contributed by atoms with van der Waals surface area (Å²) in [7, 11) is 0. The van der Waals surface area contributed by atoms with Gasteiger partial charge >= 0.3 is 30.2 Å². The summed E-state index contributed by atoms with van der Waals surface area (Å²) in [4.78, 5) is 120. The van der Waals surface area contributed by atoms with Gasteiger partial charge in [0.25, 0.3) is 0 Å². The van der Waals surface area contributed by atoms with Crippen LogP contribution in [-0.4, -0.2) is 108 Å². The number of carbonyl (C=O) groups excluding carboxylic acids is 8. The Bertz CT molecular complexity index is 2230. The highest BCUT2D eigenvalue weighted by molar-refractivity contribution is 6.31. The number of carboxylic acids is 1. The zero-order valence-corrected chi connectivity index (χ0v) is 44.7. The molecule has 0 radical (unpaired) electrons. The lowest BCUT2D eigenvalue weighted by Gasteiger charge is -2.28. The topological polar surface area (TPSA) is 283 Å². The summed E-state index contributed by atoms with van der Waals surface area (Å²) < 4.78 is 21.7. The second-order valence-electron chi connectivity index (χ2n) is 19.9. The highest BCUT2D eigenvalue weighted by Gasteiger charge is 2.36. The van der Waals surface area contributed by atoms with E-state index >= 15 is 0 Å². The van der Waals surface area contributed by atoms with Crippen LogP contribution in [0.1, 0.15) is 147 Å². The number of halogens is 2. The number of alkyl carbamates (subject to hydrolysis) is 3. The maximum Gasteiger partial charge on any atom is 0.408 e. The Morgan fingerprint density at radius 3 is 1.52 bits per heavy atom. The lowest BCUT2D eigenvalue weighted by Crippen LogP contribution is -2.58. The molecule has 0 bridgehead atoms. The summed E-state index contributed by atoms with van der Waals surface area (Å²) in [5.41, 5.74) is 0.260. The lowest BCUT2D eigenvalue weighted by molar-refractivity contribution is -0.152. The molecule has 414 valence electrons. The fraction of sp³-hybridized carbons (Fsp3) is 0.604. The third kappa shape index (κ3) is 23.9. The van der Waals surface area contributed by atoms with Gasteiger partial charge in [-0.2, -0.15) is 0 Å². The number of amides is 6. The molecule has 0 aliphatic heterocycles. The highest BCUT2D eigenvalue weighted by atomic mass is 35.5. The molecular formula is C53H74Cl2N6O14. The van der Waals surface area contributed by atoms with Crippen LogP contribution in [0.4, 0.5) is 14.4 Å².